The molecular weight excluding hydrogens is 1600 g/mol. The maximum Gasteiger partial charge on any atom is 0.238 e. The van der Waals surface area contributed by atoms with Crippen LogP contribution in [0.4, 0.5) is 0 Å². The SMILES string of the molecule is CC1(C)c2ccccc2-c2ccc3cc(-c4cccc(-c5nc(-c6ccccc6)nc(-c6ccccc6)n5)c4)ccc3c21.Cc1oc2cc3c4c5ccccc5ccc4n(-c4nc(-c5ccccc5)nc(-c5ccccc5)n4)c3cc2c1C.c1ccc(-c2nc(-c3ccccc3)nc(-c3cccc(-c4cccc(-c5ccc6c7ccccc7c7ccccc7c6c5)c4)c3)n2)cc1. The molecule has 1 aliphatic carbocycles. The second kappa shape index (κ2) is 33.0. The van der Waals surface area contributed by atoms with Gasteiger partial charge in [-0.25, -0.2) is 34.9 Å². The van der Waals surface area contributed by atoms with Crippen LogP contribution in [-0.2, 0) is 5.41 Å². The van der Waals surface area contributed by atoms with Gasteiger partial charge in [0.15, 0.2) is 46.6 Å². The van der Waals surface area contributed by atoms with E-state index in [2.05, 4.69) is 268 Å². The topological polar surface area (TPSA) is 134 Å². The summed E-state index contributed by atoms with van der Waals surface area (Å²) < 4.78 is 8.37. The molecule has 5 heterocycles. The Labute approximate surface area is 757 Å². The number of rotatable bonds is 12. The van der Waals surface area contributed by atoms with Crippen LogP contribution in [0.2, 0.25) is 0 Å². The zero-order valence-electron chi connectivity index (χ0n) is 72.3. The molecule has 11 heteroatoms. The van der Waals surface area contributed by atoms with Crippen LogP contribution in [0.15, 0.2) is 429 Å². The highest BCUT2D eigenvalue weighted by Crippen LogP contribution is 2.52. The molecule has 131 heavy (non-hydrogen) atoms. The normalized spacial score (nSPS) is 12.0. The highest BCUT2D eigenvalue weighted by atomic mass is 16.3. The van der Waals surface area contributed by atoms with Gasteiger partial charge in [-0.1, -0.05) is 390 Å². The third-order valence-electron chi connectivity index (χ3n) is 25.6. The van der Waals surface area contributed by atoms with E-state index in [9.17, 15) is 0 Å². The van der Waals surface area contributed by atoms with Gasteiger partial charge >= 0.3 is 0 Å². The smallest absolute Gasteiger partial charge is 0.238 e. The van der Waals surface area contributed by atoms with Gasteiger partial charge in [0.1, 0.15) is 11.3 Å². The van der Waals surface area contributed by atoms with Crippen molar-refractivity contribution in [3.05, 3.63) is 447 Å². The maximum atomic E-state index is 6.19. The number of aromatic nitrogens is 10. The third-order valence-corrected chi connectivity index (χ3v) is 25.6. The molecule has 0 aliphatic heterocycles. The predicted octanol–water partition coefficient (Wildman–Crippen LogP) is 30.5. The molecule has 0 atom stereocenters. The Bertz CT molecular complexity index is 8370. The molecule has 25 rings (SSSR count). The van der Waals surface area contributed by atoms with Crippen molar-refractivity contribution in [1.82, 2.24) is 49.4 Å². The summed E-state index contributed by atoms with van der Waals surface area (Å²) >= 11 is 0. The van der Waals surface area contributed by atoms with Gasteiger partial charge in [0, 0.05) is 66.1 Å². The molecule has 0 radical (unpaired) electrons. The standard InChI is InChI=1S/C45H29N3.C40H29N3.C35H24N4O/c1-3-13-30(14-4-1)43-46-44(31-15-5-2-6-16-31)48-45(47-43)36-20-12-19-34(28-36)32-17-11-18-33(27-32)35-25-26-41-39-23-8-7-21-37(39)38-22-9-10-24-40(38)42(41)29-35;1-40(2)35-19-10-9-18-33(35)34-23-21-30-24-29(20-22-32(30)36(34)40)28-16-11-17-31(25-28)39-42-37(26-12-5-3-6-13-26)41-38(43-39)27-14-7-4-8-15-27;1-21-22(2)40-31-20-28-30(19-27(21)31)39(29-18-17-23-11-9-10-16-26(23)32(28)29)35-37-33(24-12-5-3-6-13-24)36-34(38-35)25-14-7-4-8-15-25/h1-29H;3-25H,1-2H3;3-20H,1-2H3. The van der Waals surface area contributed by atoms with Crippen LogP contribution >= 0.6 is 0 Å². The van der Waals surface area contributed by atoms with E-state index in [0.717, 1.165) is 105 Å². The van der Waals surface area contributed by atoms with Crippen LogP contribution in [-0.4, -0.2) is 49.4 Å². The van der Waals surface area contributed by atoms with Crippen molar-refractivity contribution in [2.45, 2.75) is 33.1 Å². The number of aryl methyl sites for hydroxylation is 2. The van der Waals surface area contributed by atoms with E-state index in [4.69, 9.17) is 49.3 Å². The van der Waals surface area contributed by atoms with Crippen LogP contribution in [0, 0.1) is 13.8 Å². The van der Waals surface area contributed by atoms with Crippen molar-refractivity contribution >= 4 is 86.6 Å². The van der Waals surface area contributed by atoms with E-state index in [1.165, 1.54) is 92.8 Å². The van der Waals surface area contributed by atoms with Gasteiger partial charge in [0.2, 0.25) is 5.95 Å². The van der Waals surface area contributed by atoms with Crippen LogP contribution in [0.3, 0.4) is 0 Å². The molecule has 24 aromatic rings. The average Bonchev–Trinajstić information content (AvgIpc) is 1.54. The van der Waals surface area contributed by atoms with Gasteiger partial charge in [0.25, 0.3) is 0 Å². The summed E-state index contributed by atoms with van der Waals surface area (Å²) in [4.78, 5) is 44.6. The third kappa shape index (κ3) is 14.5. The molecule has 19 aromatic carbocycles. The lowest BCUT2D eigenvalue weighted by Crippen LogP contribution is -2.15. The summed E-state index contributed by atoms with van der Waals surface area (Å²) in [6.07, 6.45) is 0. The van der Waals surface area contributed by atoms with Gasteiger partial charge < -0.3 is 4.42 Å². The molecule has 0 saturated carbocycles. The quantitative estimate of drug-likeness (QED) is 0.109. The minimum atomic E-state index is -0.0432. The average molecular weight is 1680 g/mol. The van der Waals surface area contributed by atoms with E-state index in [-0.39, 0.29) is 5.41 Å². The molecule has 0 saturated heterocycles. The van der Waals surface area contributed by atoms with Crippen molar-refractivity contribution in [2.24, 2.45) is 0 Å². The summed E-state index contributed by atoms with van der Waals surface area (Å²) in [5, 5.41) is 16.0. The lowest BCUT2D eigenvalue weighted by Gasteiger charge is -2.23. The molecule has 0 spiro atoms. The molecule has 0 N–H and O–H groups in total. The largest absolute Gasteiger partial charge is 0.461 e. The van der Waals surface area contributed by atoms with Crippen molar-refractivity contribution in [2.75, 3.05) is 0 Å². The monoisotopic (exact) mass is 1680 g/mol. The first-order valence-electron chi connectivity index (χ1n) is 44.3. The Morgan fingerprint density at radius 3 is 1.05 bits per heavy atom. The van der Waals surface area contributed by atoms with E-state index in [1.54, 1.807) is 0 Å². The van der Waals surface area contributed by atoms with Crippen LogP contribution < -0.4 is 0 Å². The van der Waals surface area contributed by atoms with Crippen LogP contribution in [0.5, 0.6) is 0 Å². The molecule has 5 aromatic heterocycles. The number of benzene rings is 19. The fourth-order valence-corrected chi connectivity index (χ4v) is 19.1. The molecule has 0 amide bonds. The number of furan rings is 1. The zero-order valence-corrected chi connectivity index (χ0v) is 72.3. The lowest BCUT2D eigenvalue weighted by molar-refractivity contribution is 0.575. The van der Waals surface area contributed by atoms with E-state index in [0.29, 0.717) is 52.5 Å². The fourth-order valence-electron chi connectivity index (χ4n) is 19.1. The number of hydrogen-bond acceptors (Lipinski definition) is 10. The number of nitrogens with zero attached hydrogens (tertiary/aromatic N) is 10. The summed E-state index contributed by atoms with van der Waals surface area (Å²) in [6.45, 7) is 8.82. The van der Waals surface area contributed by atoms with Gasteiger partial charge in [0.05, 0.1) is 11.0 Å². The molecular formula is C120H82N10O. The summed E-state index contributed by atoms with van der Waals surface area (Å²) in [7, 11) is 0. The van der Waals surface area contributed by atoms with Crippen molar-refractivity contribution < 1.29 is 4.42 Å². The number of fused-ring (bicyclic) bond motifs is 17. The Kier molecular flexibility index (Phi) is 19.8. The highest BCUT2D eigenvalue weighted by molar-refractivity contribution is 6.26. The summed E-state index contributed by atoms with van der Waals surface area (Å²) in [5.74, 6) is 6.74. The zero-order chi connectivity index (χ0) is 87.6. The first-order valence-corrected chi connectivity index (χ1v) is 44.3. The Morgan fingerprint density at radius 1 is 0.221 bits per heavy atom. The maximum absolute atomic E-state index is 6.19. The summed E-state index contributed by atoms with van der Waals surface area (Å²) in [6, 6.07) is 148. The van der Waals surface area contributed by atoms with Crippen molar-refractivity contribution in [3.63, 3.8) is 0 Å². The lowest BCUT2D eigenvalue weighted by atomic mass is 9.80. The van der Waals surface area contributed by atoms with Gasteiger partial charge in [-0.15, -0.1) is 0 Å². The highest BCUT2D eigenvalue weighted by Gasteiger charge is 2.37. The molecule has 0 bridgehead atoms. The van der Waals surface area contributed by atoms with Crippen LogP contribution in [0.1, 0.15) is 36.3 Å². The molecule has 11 nitrogen and oxygen atoms in total. The minimum Gasteiger partial charge on any atom is -0.461 e. The minimum absolute atomic E-state index is 0.0432. The second-order valence-electron chi connectivity index (χ2n) is 33.9. The predicted molar refractivity (Wildman–Crippen MR) is 538 cm³/mol. The van der Waals surface area contributed by atoms with E-state index in [1.807, 2.05) is 189 Å². The first-order chi connectivity index (χ1) is 64.5. The first kappa shape index (κ1) is 78.6. The van der Waals surface area contributed by atoms with Crippen LogP contribution in [0.25, 0.3) is 228 Å². The Morgan fingerprint density at radius 2 is 0.573 bits per heavy atom. The number of hydrogen-bond donors (Lipinski definition) is 0. The van der Waals surface area contributed by atoms with Crippen molar-refractivity contribution in [3.8, 4) is 142 Å². The molecule has 0 fully saturated rings. The molecule has 618 valence electrons. The second-order valence-corrected chi connectivity index (χ2v) is 33.9. The van der Waals surface area contributed by atoms with Gasteiger partial charge in [-0.3, -0.25) is 4.57 Å². The molecule has 0 unspecified atom stereocenters. The Balaban J connectivity index is 0.000000112. The fraction of sp³-hybridized carbons (Fsp3) is 0.0417. The van der Waals surface area contributed by atoms with Gasteiger partial charge in [-0.05, 0) is 177 Å². The van der Waals surface area contributed by atoms with E-state index >= 15 is 0 Å². The van der Waals surface area contributed by atoms with Crippen molar-refractivity contribution in [1.29, 1.82) is 0 Å². The van der Waals surface area contributed by atoms with Gasteiger partial charge in [-0.2, -0.15) is 9.97 Å². The van der Waals surface area contributed by atoms with E-state index < -0.39 is 0 Å². The summed E-state index contributed by atoms with van der Waals surface area (Å²) in [5.41, 5.74) is 24.1. The Hall–Kier alpha value is -17.2. The molecule has 1 aliphatic rings.